The van der Waals surface area contributed by atoms with Crippen molar-refractivity contribution >= 4 is 11.9 Å². The third-order valence-electron chi connectivity index (χ3n) is 5.71. The molecule has 19 heavy (non-hydrogen) atoms. The fraction of sp³-hybridized carbons (Fsp3) is 0.867. The Morgan fingerprint density at radius 3 is 2.00 bits per heavy atom. The molecular formula is C15H23NO3. The molecule has 0 radical (unpaired) electrons. The molecular weight excluding hydrogens is 242 g/mol. The first-order valence-electron chi connectivity index (χ1n) is 7.60. The number of carboxylic acids is 1. The minimum absolute atomic E-state index is 0.508. The van der Waals surface area contributed by atoms with Gasteiger partial charge in [0.05, 0.1) is 0 Å². The summed E-state index contributed by atoms with van der Waals surface area (Å²) in [6.07, 6.45) is 6.69. The summed E-state index contributed by atoms with van der Waals surface area (Å²) in [7, 11) is 0. The van der Waals surface area contributed by atoms with Gasteiger partial charge in [0.1, 0.15) is 0 Å². The van der Waals surface area contributed by atoms with Crippen molar-refractivity contribution < 1.29 is 14.7 Å². The van der Waals surface area contributed by atoms with Crippen molar-refractivity contribution in [3.8, 4) is 0 Å². The van der Waals surface area contributed by atoms with Gasteiger partial charge in [-0.25, -0.2) is 4.79 Å². The number of rotatable bonds is 3. The van der Waals surface area contributed by atoms with Gasteiger partial charge in [0.25, 0.3) is 0 Å². The summed E-state index contributed by atoms with van der Waals surface area (Å²) in [5, 5.41) is 8.87. The summed E-state index contributed by atoms with van der Waals surface area (Å²) in [5.41, 5.74) is 0. The third-order valence-corrected chi connectivity index (χ3v) is 5.71. The van der Waals surface area contributed by atoms with E-state index in [1.165, 1.54) is 37.0 Å². The molecule has 0 aromatic carbocycles. The molecule has 1 amide bonds. The van der Waals surface area contributed by atoms with Crippen LogP contribution in [0.3, 0.4) is 0 Å². The molecule has 0 atom stereocenters. The standard InChI is InChI=1S/C15H23NO3/c1-2-16(14(17)15(18)19)8-13-11-4-9-3-10(6-11)7-12(13)5-9/h9-13H,2-8H2,1H3,(H,18,19). The van der Waals surface area contributed by atoms with Crippen molar-refractivity contribution in [2.75, 3.05) is 13.1 Å². The number of carboxylic acid groups (broad SMARTS) is 1. The Morgan fingerprint density at radius 1 is 1.05 bits per heavy atom. The molecule has 0 aromatic heterocycles. The number of carbonyl (C=O) groups is 2. The summed E-state index contributed by atoms with van der Waals surface area (Å²) in [4.78, 5) is 24.1. The molecule has 4 rings (SSSR count). The lowest BCUT2D eigenvalue weighted by atomic mass is 9.52. The first-order chi connectivity index (χ1) is 9.08. The topological polar surface area (TPSA) is 57.6 Å². The minimum atomic E-state index is -1.31. The molecule has 106 valence electrons. The maximum Gasteiger partial charge on any atom is 0.394 e. The van der Waals surface area contributed by atoms with Gasteiger partial charge < -0.3 is 10.0 Å². The zero-order chi connectivity index (χ0) is 13.6. The molecule has 4 aliphatic rings. The van der Waals surface area contributed by atoms with Crippen LogP contribution >= 0.6 is 0 Å². The van der Waals surface area contributed by atoms with Crippen molar-refractivity contribution in [2.24, 2.45) is 29.6 Å². The van der Waals surface area contributed by atoms with E-state index in [-0.39, 0.29) is 0 Å². The quantitative estimate of drug-likeness (QED) is 0.794. The maximum atomic E-state index is 11.7. The van der Waals surface area contributed by atoms with Gasteiger partial charge in [-0.1, -0.05) is 0 Å². The monoisotopic (exact) mass is 265 g/mol. The summed E-state index contributed by atoms with van der Waals surface area (Å²) < 4.78 is 0. The van der Waals surface area contributed by atoms with Crippen molar-refractivity contribution in [1.82, 2.24) is 4.90 Å². The SMILES string of the molecule is CCN(CC1C2CC3CC(C2)CC1C3)C(=O)C(=O)O. The summed E-state index contributed by atoms with van der Waals surface area (Å²) >= 11 is 0. The number of aliphatic carboxylic acids is 1. The molecule has 0 aliphatic heterocycles. The first-order valence-corrected chi connectivity index (χ1v) is 7.60. The zero-order valence-corrected chi connectivity index (χ0v) is 11.5. The number of likely N-dealkylation sites (N-methyl/N-ethyl adjacent to an activating group) is 1. The Labute approximate surface area is 114 Å². The van der Waals surface area contributed by atoms with E-state index in [9.17, 15) is 9.59 Å². The highest BCUT2D eigenvalue weighted by molar-refractivity contribution is 6.31. The molecule has 0 unspecified atom stereocenters. The highest BCUT2D eigenvalue weighted by Crippen LogP contribution is 2.56. The van der Waals surface area contributed by atoms with Crippen molar-refractivity contribution in [3.05, 3.63) is 0 Å². The lowest BCUT2D eigenvalue weighted by Crippen LogP contribution is -2.50. The Hall–Kier alpha value is -1.06. The predicted molar refractivity (Wildman–Crippen MR) is 70.4 cm³/mol. The van der Waals surface area contributed by atoms with Crippen LogP contribution in [0.15, 0.2) is 0 Å². The van der Waals surface area contributed by atoms with Crippen LogP contribution in [0.5, 0.6) is 0 Å². The van der Waals surface area contributed by atoms with Crippen LogP contribution in [-0.2, 0) is 9.59 Å². The Morgan fingerprint density at radius 2 is 1.58 bits per heavy atom. The van der Waals surface area contributed by atoms with E-state index in [1.54, 1.807) is 0 Å². The summed E-state index contributed by atoms with van der Waals surface area (Å²) in [6, 6.07) is 0. The second-order valence-corrected chi connectivity index (χ2v) is 6.74. The Kier molecular flexibility index (Phi) is 3.27. The van der Waals surface area contributed by atoms with Gasteiger partial charge >= 0.3 is 11.9 Å². The number of hydrogen-bond donors (Lipinski definition) is 1. The van der Waals surface area contributed by atoms with Crippen LogP contribution < -0.4 is 0 Å². The second kappa shape index (κ2) is 4.80. The molecule has 1 N–H and O–H groups in total. The maximum absolute atomic E-state index is 11.7. The molecule has 4 fully saturated rings. The average Bonchev–Trinajstić information content (AvgIpc) is 2.36. The van der Waals surface area contributed by atoms with E-state index in [0.29, 0.717) is 19.0 Å². The van der Waals surface area contributed by atoms with Crippen LogP contribution in [0.1, 0.15) is 39.0 Å². The molecule has 4 saturated carbocycles. The van der Waals surface area contributed by atoms with E-state index < -0.39 is 11.9 Å². The van der Waals surface area contributed by atoms with E-state index in [2.05, 4.69) is 0 Å². The molecule has 4 aliphatic carbocycles. The van der Waals surface area contributed by atoms with Crippen molar-refractivity contribution in [3.63, 3.8) is 0 Å². The highest BCUT2D eigenvalue weighted by Gasteiger charge is 2.48. The summed E-state index contributed by atoms with van der Waals surface area (Å²) in [6.45, 7) is 3.04. The van der Waals surface area contributed by atoms with Crippen molar-refractivity contribution in [2.45, 2.75) is 39.0 Å². The summed E-state index contributed by atoms with van der Waals surface area (Å²) in [5.74, 6) is 1.84. The highest BCUT2D eigenvalue weighted by atomic mass is 16.4. The van der Waals surface area contributed by atoms with Gasteiger partial charge in [-0.05, 0) is 68.6 Å². The van der Waals surface area contributed by atoms with Gasteiger partial charge in [0.2, 0.25) is 0 Å². The number of amides is 1. The van der Waals surface area contributed by atoms with Gasteiger partial charge in [-0.2, -0.15) is 0 Å². The van der Waals surface area contributed by atoms with Gasteiger partial charge in [-0.15, -0.1) is 0 Å². The minimum Gasteiger partial charge on any atom is -0.474 e. The molecule has 0 aromatic rings. The largest absolute Gasteiger partial charge is 0.474 e. The molecule has 4 bridgehead atoms. The van der Waals surface area contributed by atoms with E-state index in [4.69, 9.17) is 5.11 Å². The number of hydrogen-bond acceptors (Lipinski definition) is 2. The van der Waals surface area contributed by atoms with E-state index >= 15 is 0 Å². The van der Waals surface area contributed by atoms with Gasteiger partial charge in [0.15, 0.2) is 0 Å². The van der Waals surface area contributed by atoms with Crippen LogP contribution in [0.25, 0.3) is 0 Å². The van der Waals surface area contributed by atoms with Gasteiger partial charge in [-0.3, -0.25) is 4.79 Å². The molecule has 0 spiro atoms. The lowest BCUT2D eigenvalue weighted by Gasteiger charge is -2.55. The van der Waals surface area contributed by atoms with E-state index in [1.807, 2.05) is 6.92 Å². The zero-order valence-electron chi connectivity index (χ0n) is 11.5. The first kappa shape index (κ1) is 12.9. The molecule has 0 heterocycles. The average molecular weight is 265 g/mol. The molecule has 4 heteroatoms. The number of nitrogens with zero attached hydrogens (tertiary/aromatic N) is 1. The van der Waals surface area contributed by atoms with Crippen molar-refractivity contribution in [1.29, 1.82) is 0 Å². The lowest BCUT2D eigenvalue weighted by molar-refractivity contribution is -0.157. The second-order valence-electron chi connectivity index (χ2n) is 6.74. The van der Waals surface area contributed by atoms with Crippen LogP contribution in [0.2, 0.25) is 0 Å². The molecule has 4 nitrogen and oxygen atoms in total. The number of carbonyl (C=O) groups excluding carboxylic acids is 1. The van der Waals surface area contributed by atoms with Gasteiger partial charge in [0, 0.05) is 13.1 Å². The fourth-order valence-electron chi connectivity index (χ4n) is 5.08. The fourth-order valence-corrected chi connectivity index (χ4v) is 5.08. The van der Waals surface area contributed by atoms with Crippen LogP contribution in [0, 0.1) is 29.6 Å². The Bertz CT molecular complexity index is 365. The predicted octanol–water partition coefficient (Wildman–Crippen LogP) is 1.99. The molecule has 0 saturated heterocycles. The van der Waals surface area contributed by atoms with Crippen LogP contribution in [-0.4, -0.2) is 35.0 Å². The normalized spacial score (nSPS) is 39.3. The van der Waals surface area contributed by atoms with E-state index in [0.717, 1.165) is 23.7 Å². The third kappa shape index (κ3) is 2.26. The smallest absolute Gasteiger partial charge is 0.394 e. The van der Waals surface area contributed by atoms with Crippen LogP contribution in [0.4, 0.5) is 0 Å². The Balaban J connectivity index is 1.69.